The van der Waals surface area contributed by atoms with Crippen molar-refractivity contribution in [1.29, 1.82) is 0 Å². The summed E-state index contributed by atoms with van der Waals surface area (Å²) in [5.41, 5.74) is 3.66. The van der Waals surface area contributed by atoms with Crippen molar-refractivity contribution in [2.45, 2.75) is 25.7 Å². The van der Waals surface area contributed by atoms with Crippen LogP contribution in [0, 0.1) is 11.6 Å². The molecule has 2 aliphatic rings. The van der Waals surface area contributed by atoms with Gasteiger partial charge in [-0.25, -0.2) is 13.8 Å². The molecule has 0 bridgehead atoms. The number of nitrogens with zero attached hydrogens (tertiary/aromatic N) is 2. The normalized spacial score (nSPS) is 16.5. The van der Waals surface area contributed by atoms with Crippen LogP contribution in [0.3, 0.4) is 0 Å². The van der Waals surface area contributed by atoms with Crippen LogP contribution in [0.25, 0.3) is 5.57 Å². The van der Waals surface area contributed by atoms with Gasteiger partial charge in [-0.15, -0.1) is 0 Å². The fourth-order valence-corrected chi connectivity index (χ4v) is 3.53. The summed E-state index contributed by atoms with van der Waals surface area (Å²) in [5.74, 6) is -2.49. The second-order valence-electron chi connectivity index (χ2n) is 6.46. The van der Waals surface area contributed by atoms with Gasteiger partial charge in [0.15, 0.2) is 5.82 Å². The fourth-order valence-electron chi connectivity index (χ4n) is 3.53. The number of halogens is 2. The molecule has 1 aromatic heterocycles. The second-order valence-corrected chi connectivity index (χ2v) is 6.46. The molecule has 5 nitrogen and oxygen atoms in total. The van der Waals surface area contributed by atoms with Gasteiger partial charge in [-0.3, -0.25) is 9.78 Å². The Balaban J connectivity index is 1.63. The average Bonchev–Trinajstić information content (AvgIpc) is 2.80. The van der Waals surface area contributed by atoms with Gasteiger partial charge < -0.3 is 10.6 Å². The number of aryl methyl sites for hydroxylation is 1. The van der Waals surface area contributed by atoms with Crippen molar-refractivity contribution >= 4 is 17.3 Å². The largest absolute Gasteiger partial charge is 0.312 e. The molecule has 0 atom stereocenters. The van der Waals surface area contributed by atoms with Crippen molar-refractivity contribution in [3.8, 4) is 0 Å². The van der Waals surface area contributed by atoms with Gasteiger partial charge in [0.1, 0.15) is 17.2 Å². The van der Waals surface area contributed by atoms with Crippen LogP contribution in [-0.4, -0.2) is 29.0 Å². The highest BCUT2D eigenvalue weighted by Crippen LogP contribution is 2.31. The maximum absolute atomic E-state index is 13.8. The Morgan fingerprint density at radius 2 is 1.96 bits per heavy atom. The van der Waals surface area contributed by atoms with E-state index in [1.54, 1.807) is 0 Å². The SMILES string of the molecule is O=C(Nc1cnc2c(n1)CCCC1=C2CNCC1)c1c(F)cccc1F. The van der Waals surface area contributed by atoms with Crippen molar-refractivity contribution in [2.75, 3.05) is 18.4 Å². The van der Waals surface area contributed by atoms with Crippen LogP contribution in [0.2, 0.25) is 0 Å². The molecule has 1 aliphatic heterocycles. The van der Waals surface area contributed by atoms with E-state index in [2.05, 4.69) is 20.6 Å². The third-order valence-corrected chi connectivity index (χ3v) is 4.79. The average molecular weight is 356 g/mol. The molecule has 1 amide bonds. The first-order chi connectivity index (χ1) is 12.6. The topological polar surface area (TPSA) is 66.9 Å². The van der Waals surface area contributed by atoms with Crippen molar-refractivity contribution in [3.05, 3.63) is 58.6 Å². The Hall–Kier alpha value is -2.67. The van der Waals surface area contributed by atoms with E-state index in [0.29, 0.717) is 0 Å². The summed E-state index contributed by atoms with van der Waals surface area (Å²) in [5, 5.41) is 5.81. The molecule has 0 saturated heterocycles. The molecule has 0 unspecified atom stereocenters. The lowest BCUT2D eigenvalue weighted by molar-refractivity contribution is 0.101. The highest BCUT2D eigenvalue weighted by atomic mass is 19.1. The van der Waals surface area contributed by atoms with Crippen LogP contribution in [-0.2, 0) is 6.42 Å². The molecule has 26 heavy (non-hydrogen) atoms. The van der Waals surface area contributed by atoms with Crippen LogP contribution in [0.5, 0.6) is 0 Å². The number of amides is 1. The number of benzene rings is 1. The zero-order valence-corrected chi connectivity index (χ0v) is 14.1. The summed E-state index contributed by atoms with van der Waals surface area (Å²) in [4.78, 5) is 21.2. The van der Waals surface area contributed by atoms with Crippen molar-refractivity contribution in [2.24, 2.45) is 0 Å². The smallest absolute Gasteiger partial charge is 0.262 e. The first kappa shape index (κ1) is 16.8. The molecule has 2 heterocycles. The van der Waals surface area contributed by atoms with Gasteiger partial charge in [0.2, 0.25) is 0 Å². The molecule has 134 valence electrons. The van der Waals surface area contributed by atoms with E-state index in [1.807, 2.05) is 0 Å². The summed E-state index contributed by atoms with van der Waals surface area (Å²) in [6, 6.07) is 3.31. The minimum absolute atomic E-state index is 0.198. The summed E-state index contributed by atoms with van der Waals surface area (Å²) >= 11 is 0. The Bertz CT molecular complexity index is 890. The van der Waals surface area contributed by atoms with Crippen LogP contribution in [0.15, 0.2) is 30.0 Å². The molecule has 7 heteroatoms. The summed E-state index contributed by atoms with van der Waals surface area (Å²) in [6.45, 7) is 1.74. The standard InChI is InChI=1S/C19H18F2N4O/c20-13-4-2-5-14(21)17(13)19(26)25-16-10-23-18-12-9-22-8-7-11(12)3-1-6-15(18)24-16/h2,4-5,10,22H,1,3,6-9H2,(H,24,25,26). The minimum atomic E-state index is -0.909. The van der Waals surface area contributed by atoms with E-state index in [4.69, 9.17) is 0 Å². The highest BCUT2D eigenvalue weighted by Gasteiger charge is 2.23. The first-order valence-corrected chi connectivity index (χ1v) is 8.67. The van der Waals surface area contributed by atoms with Crippen LogP contribution >= 0.6 is 0 Å². The van der Waals surface area contributed by atoms with Crippen LogP contribution in [0.4, 0.5) is 14.6 Å². The molecule has 0 fully saturated rings. The Morgan fingerprint density at radius 1 is 1.15 bits per heavy atom. The molecule has 0 saturated carbocycles. The van der Waals surface area contributed by atoms with Gasteiger partial charge in [0.25, 0.3) is 5.91 Å². The number of nitrogens with one attached hydrogen (secondary N) is 2. The molecule has 2 aromatic rings. The first-order valence-electron chi connectivity index (χ1n) is 8.67. The Morgan fingerprint density at radius 3 is 2.77 bits per heavy atom. The van der Waals surface area contributed by atoms with Gasteiger partial charge in [0.05, 0.1) is 17.6 Å². The fraction of sp³-hybridized carbons (Fsp3) is 0.316. The summed E-state index contributed by atoms with van der Waals surface area (Å²) < 4.78 is 27.5. The predicted molar refractivity (Wildman–Crippen MR) is 93.7 cm³/mol. The number of carbonyl (C=O) groups is 1. The third-order valence-electron chi connectivity index (χ3n) is 4.79. The second kappa shape index (κ2) is 6.92. The predicted octanol–water partition coefficient (Wildman–Crippen LogP) is 3.09. The van der Waals surface area contributed by atoms with E-state index < -0.39 is 23.1 Å². The van der Waals surface area contributed by atoms with Crippen LogP contribution in [0.1, 0.15) is 41.0 Å². The van der Waals surface area contributed by atoms with E-state index >= 15 is 0 Å². The van der Waals surface area contributed by atoms with Crippen molar-refractivity contribution in [1.82, 2.24) is 15.3 Å². The Labute approximate surface area is 149 Å². The van der Waals surface area contributed by atoms with E-state index in [-0.39, 0.29) is 5.82 Å². The van der Waals surface area contributed by atoms with Crippen molar-refractivity contribution in [3.63, 3.8) is 0 Å². The molecular weight excluding hydrogens is 338 g/mol. The van der Waals surface area contributed by atoms with Gasteiger partial charge in [-0.05, 0) is 49.9 Å². The lowest BCUT2D eigenvalue weighted by Gasteiger charge is -2.20. The van der Waals surface area contributed by atoms with E-state index in [1.165, 1.54) is 23.4 Å². The highest BCUT2D eigenvalue weighted by molar-refractivity contribution is 6.04. The quantitative estimate of drug-likeness (QED) is 0.868. The number of rotatable bonds is 2. The number of aromatic nitrogens is 2. The van der Waals surface area contributed by atoms with Gasteiger partial charge in [0, 0.05) is 6.54 Å². The maximum Gasteiger partial charge on any atom is 0.262 e. The molecule has 4 rings (SSSR count). The number of anilines is 1. The summed E-state index contributed by atoms with van der Waals surface area (Å²) in [6.07, 6.45) is 5.21. The Kier molecular flexibility index (Phi) is 4.46. The van der Waals surface area contributed by atoms with Crippen LogP contribution < -0.4 is 10.6 Å². The molecule has 2 N–H and O–H groups in total. The third kappa shape index (κ3) is 3.10. The molecule has 0 radical (unpaired) electrons. The van der Waals surface area contributed by atoms with Gasteiger partial charge in [-0.1, -0.05) is 11.6 Å². The lowest BCUT2D eigenvalue weighted by atomic mass is 9.97. The van der Waals surface area contributed by atoms with Gasteiger partial charge >= 0.3 is 0 Å². The number of carbonyl (C=O) groups excluding carboxylic acids is 1. The molecule has 0 spiro atoms. The van der Waals surface area contributed by atoms with Gasteiger partial charge in [-0.2, -0.15) is 0 Å². The molecule has 1 aromatic carbocycles. The monoisotopic (exact) mass is 356 g/mol. The van der Waals surface area contributed by atoms with E-state index in [9.17, 15) is 13.6 Å². The minimum Gasteiger partial charge on any atom is -0.312 e. The number of hydrogen-bond acceptors (Lipinski definition) is 4. The zero-order valence-electron chi connectivity index (χ0n) is 14.1. The molecular formula is C19H18F2N4O. The van der Waals surface area contributed by atoms with Crippen molar-refractivity contribution < 1.29 is 13.6 Å². The summed E-state index contributed by atoms with van der Waals surface area (Å²) in [7, 11) is 0. The maximum atomic E-state index is 13.8. The lowest BCUT2D eigenvalue weighted by Crippen LogP contribution is -2.25. The van der Waals surface area contributed by atoms with E-state index in [0.717, 1.165) is 62.3 Å². The number of fused-ring (bicyclic) bond motifs is 2. The molecule has 1 aliphatic carbocycles. The zero-order chi connectivity index (χ0) is 18.1. The number of hydrogen-bond donors (Lipinski definition) is 2.